The Bertz CT molecular complexity index is 848. The Labute approximate surface area is 156 Å². The second kappa shape index (κ2) is 8.60. The van der Waals surface area contributed by atoms with E-state index in [1.807, 2.05) is 36.4 Å². The molecule has 0 aliphatic carbocycles. The molecule has 0 fully saturated rings. The van der Waals surface area contributed by atoms with Crippen molar-refractivity contribution >= 4 is 17.0 Å². The van der Waals surface area contributed by atoms with Crippen molar-refractivity contribution in [2.24, 2.45) is 0 Å². The van der Waals surface area contributed by atoms with Gasteiger partial charge in [0.15, 0.2) is 0 Å². The predicted octanol–water partition coefficient (Wildman–Crippen LogP) is 4.87. The lowest BCUT2D eigenvalue weighted by atomic mass is 10.1. The molecule has 0 unspecified atom stereocenters. The van der Waals surface area contributed by atoms with Crippen LogP contribution in [-0.2, 0) is 19.6 Å². The Morgan fingerprint density at radius 2 is 1.77 bits per heavy atom. The number of nitro benzene ring substituents is 1. The van der Waals surface area contributed by atoms with Gasteiger partial charge in [-0.25, -0.2) is 0 Å². The van der Waals surface area contributed by atoms with E-state index in [1.165, 1.54) is 4.88 Å². The van der Waals surface area contributed by atoms with Gasteiger partial charge in [-0.15, -0.1) is 11.3 Å². The normalized spacial score (nSPS) is 10.8. The SMILES string of the molecule is COc1ccccc1CN(Cc1ccc([N+](=O)[O-])cc1)Cc1cccs1. The molecule has 0 spiro atoms. The zero-order chi connectivity index (χ0) is 18.4. The van der Waals surface area contributed by atoms with E-state index < -0.39 is 0 Å². The Morgan fingerprint density at radius 3 is 2.42 bits per heavy atom. The van der Waals surface area contributed by atoms with Crippen LogP contribution in [0.4, 0.5) is 5.69 Å². The average Bonchev–Trinajstić information content (AvgIpc) is 3.15. The van der Waals surface area contributed by atoms with E-state index in [4.69, 9.17) is 4.74 Å². The number of hydrogen-bond donors (Lipinski definition) is 0. The lowest BCUT2D eigenvalue weighted by Gasteiger charge is -2.23. The van der Waals surface area contributed by atoms with Crippen LogP contribution in [-0.4, -0.2) is 16.9 Å². The topological polar surface area (TPSA) is 55.6 Å². The van der Waals surface area contributed by atoms with Crippen molar-refractivity contribution in [3.63, 3.8) is 0 Å². The van der Waals surface area contributed by atoms with Crippen LogP contribution in [0.5, 0.6) is 5.75 Å². The minimum atomic E-state index is -0.373. The maximum atomic E-state index is 10.8. The highest BCUT2D eigenvalue weighted by Gasteiger charge is 2.13. The Morgan fingerprint density at radius 1 is 1.00 bits per heavy atom. The van der Waals surface area contributed by atoms with E-state index in [-0.39, 0.29) is 10.6 Å². The molecule has 0 amide bonds. The molecule has 134 valence electrons. The molecule has 6 heteroatoms. The van der Waals surface area contributed by atoms with Crippen molar-refractivity contribution in [1.29, 1.82) is 0 Å². The Kier molecular flexibility index (Phi) is 5.99. The van der Waals surface area contributed by atoms with Gasteiger partial charge in [0.2, 0.25) is 0 Å². The van der Waals surface area contributed by atoms with E-state index in [2.05, 4.69) is 22.4 Å². The first-order chi connectivity index (χ1) is 12.7. The number of benzene rings is 2. The summed E-state index contributed by atoms with van der Waals surface area (Å²) in [5.41, 5.74) is 2.28. The molecular weight excluding hydrogens is 348 g/mol. The fraction of sp³-hybridized carbons (Fsp3) is 0.200. The highest BCUT2D eigenvalue weighted by atomic mass is 32.1. The van der Waals surface area contributed by atoms with Crippen molar-refractivity contribution in [3.8, 4) is 5.75 Å². The second-order valence-corrected chi connectivity index (χ2v) is 6.99. The summed E-state index contributed by atoms with van der Waals surface area (Å²) < 4.78 is 5.47. The Balaban J connectivity index is 1.79. The van der Waals surface area contributed by atoms with E-state index >= 15 is 0 Å². The smallest absolute Gasteiger partial charge is 0.269 e. The summed E-state index contributed by atoms with van der Waals surface area (Å²) in [6.45, 7) is 2.25. The number of para-hydroxylation sites is 1. The molecule has 0 bridgehead atoms. The maximum Gasteiger partial charge on any atom is 0.269 e. The lowest BCUT2D eigenvalue weighted by molar-refractivity contribution is -0.384. The van der Waals surface area contributed by atoms with Gasteiger partial charge in [0.1, 0.15) is 5.75 Å². The molecule has 3 aromatic rings. The number of hydrogen-bond acceptors (Lipinski definition) is 5. The van der Waals surface area contributed by atoms with Crippen LogP contribution in [0, 0.1) is 10.1 Å². The van der Waals surface area contributed by atoms with Crippen molar-refractivity contribution in [1.82, 2.24) is 4.90 Å². The molecular formula is C20H20N2O3S. The highest BCUT2D eigenvalue weighted by molar-refractivity contribution is 7.09. The number of rotatable bonds is 8. The molecule has 0 radical (unpaired) electrons. The summed E-state index contributed by atoms with van der Waals surface area (Å²) in [5.74, 6) is 0.868. The number of nitrogens with zero attached hydrogens (tertiary/aromatic N) is 2. The number of non-ortho nitro benzene ring substituents is 1. The lowest BCUT2D eigenvalue weighted by Crippen LogP contribution is -2.22. The highest BCUT2D eigenvalue weighted by Crippen LogP contribution is 2.23. The van der Waals surface area contributed by atoms with Gasteiger partial charge >= 0.3 is 0 Å². The quantitative estimate of drug-likeness (QED) is 0.420. The second-order valence-electron chi connectivity index (χ2n) is 5.96. The van der Waals surface area contributed by atoms with Gasteiger partial charge in [-0.05, 0) is 23.1 Å². The van der Waals surface area contributed by atoms with Crippen LogP contribution in [0.1, 0.15) is 16.0 Å². The summed E-state index contributed by atoms with van der Waals surface area (Å²) >= 11 is 1.73. The first-order valence-electron chi connectivity index (χ1n) is 8.25. The van der Waals surface area contributed by atoms with Gasteiger partial charge in [0, 0.05) is 42.2 Å². The third kappa shape index (κ3) is 4.68. The van der Waals surface area contributed by atoms with Crippen LogP contribution in [0.2, 0.25) is 0 Å². The van der Waals surface area contributed by atoms with E-state index in [0.717, 1.165) is 30.0 Å². The van der Waals surface area contributed by atoms with Crippen LogP contribution in [0.3, 0.4) is 0 Å². The molecule has 0 aliphatic heterocycles. The van der Waals surface area contributed by atoms with Gasteiger partial charge in [-0.3, -0.25) is 15.0 Å². The molecule has 26 heavy (non-hydrogen) atoms. The fourth-order valence-electron chi connectivity index (χ4n) is 2.85. The van der Waals surface area contributed by atoms with Crippen molar-refractivity contribution in [3.05, 3.63) is 92.2 Å². The molecule has 3 rings (SSSR count). The van der Waals surface area contributed by atoms with Gasteiger partial charge in [0.05, 0.1) is 12.0 Å². The number of nitro groups is 1. The molecule has 0 aliphatic rings. The largest absolute Gasteiger partial charge is 0.496 e. The standard InChI is InChI=1S/C20H20N2O3S/c1-25-20-7-3-2-5-17(20)14-21(15-19-6-4-12-26-19)13-16-8-10-18(11-9-16)22(23)24/h2-12H,13-15H2,1H3. The summed E-state index contributed by atoms with van der Waals surface area (Å²) in [5, 5.41) is 12.9. The monoisotopic (exact) mass is 368 g/mol. The van der Waals surface area contributed by atoms with Gasteiger partial charge in [0.25, 0.3) is 5.69 Å². The number of thiophene rings is 1. The van der Waals surface area contributed by atoms with E-state index in [0.29, 0.717) is 6.54 Å². The molecule has 0 saturated carbocycles. The zero-order valence-electron chi connectivity index (χ0n) is 14.5. The summed E-state index contributed by atoms with van der Waals surface area (Å²) in [4.78, 5) is 14.1. The van der Waals surface area contributed by atoms with Crippen LogP contribution in [0.25, 0.3) is 0 Å². The van der Waals surface area contributed by atoms with Crippen LogP contribution >= 0.6 is 11.3 Å². The van der Waals surface area contributed by atoms with Crippen molar-refractivity contribution in [2.45, 2.75) is 19.6 Å². The molecule has 1 aromatic heterocycles. The Hall–Kier alpha value is -2.70. The van der Waals surface area contributed by atoms with E-state index in [1.54, 1.807) is 30.6 Å². The summed E-state index contributed by atoms with van der Waals surface area (Å²) in [7, 11) is 1.68. The van der Waals surface area contributed by atoms with Crippen LogP contribution in [0.15, 0.2) is 66.0 Å². The predicted molar refractivity (Wildman–Crippen MR) is 103 cm³/mol. The molecule has 5 nitrogen and oxygen atoms in total. The fourth-order valence-corrected chi connectivity index (χ4v) is 3.59. The van der Waals surface area contributed by atoms with Crippen LogP contribution < -0.4 is 4.74 Å². The van der Waals surface area contributed by atoms with E-state index in [9.17, 15) is 10.1 Å². The number of ether oxygens (including phenoxy) is 1. The third-order valence-electron chi connectivity index (χ3n) is 4.10. The molecule has 0 saturated heterocycles. The molecule has 2 aromatic carbocycles. The van der Waals surface area contributed by atoms with Gasteiger partial charge < -0.3 is 4.74 Å². The first-order valence-corrected chi connectivity index (χ1v) is 9.13. The van der Waals surface area contributed by atoms with Gasteiger partial charge in [-0.1, -0.05) is 36.4 Å². The first kappa shape index (κ1) is 18.1. The molecule has 0 atom stereocenters. The molecule has 0 N–H and O–H groups in total. The number of methoxy groups -OCH3 is 1. The van der Waals surface area contributed by atoms with Gasteiger partial charge in [-0.2, -0.15) is 0 Å². The molecule has 1 heterocycles. The van der Waals surface area contributed by atoms with Crippen molar-refractivity contribution < 1.29 is 9.66 Å². The zero-order valence-corrected chi connectivity index (χ0v) is 15.3. The average molecular weight is 368 g/mol. The maximum absolute atomic E-state index is 10.8. The summed E-state index contributed by atoms with van der Waals surface area (Å²) in [6.07, 6.45) is 0. The summed E-state index contributed by atoms with van der Waals surface area (Å²) in [6, 6.07) is 18.9. The minimum absolute atomic E-state index is 0.114. The van der Waals surface area contributed by atoms with Crippen molar-refractivity contribution in [2.75, 3.05) is 7.11 Å². The minimum Gasteiger partial charge on any atom is -0.496 e. The third-order valence-corrected chi connectivity index (χ3v) is 4.96.